The summed E-state index contributed by atoms with van der Waals surface area (Å²) in [6, 6.07) is 24.8. The number of carbonyl (C=O) groups is 1. The maximum absolute atomic E-state index is 13.5. The maximum atomic E-state index is 13.5. The number of carbonyl (C=O) groups excluding carboxylic acids is 1. The molecule has 1 aliphatic rings. The van der Waals surface area contributed by atoms with E-state index in [4.69, 9.17) is 0 Å². The molecule has 2 atom stereocenters. The largest absolute Gasteiger partial charge is 0.268 e. The highest BCUT2D eigenvalue weighted by atomic mass is 32.2. The minimum absolute atomic E-state index is 0.0890. The Labute approximate surface area is 183 Å². The lowest BCUT2D eigenvalue weighted by atomic mass is 9.88. The molecular formula is C26H23NO3S. The molecule has 3 aromatic carbocycles. The molecule has 1 heterocycles. The Kier molecular flexibility index (Phi) is 5.61. The molecule has 1 saturated heterocycles. The van der Waals surface area contributed by atoms with Crippen molar-refractivity contribution < 1.29 is 13.2 Å². The summed E-state index contributed by atoms with van der Waals surface area (Å²) in [5, 5.41) is 0. The Balaban J connectivity index is 1.83. The average molecular weight is 430 g/mol. The van der Waals surface area contributed by atoms with Crippen LogP contribution in [0.5, 0.6) is 0 Å². The van der Waals surface area contributed by atoms with Crippen LogP contribution in [0.1, 0.15) is 22.6 Å². The van der Waals surface area contributed by atoms with Crippen molar-refractivity contribution in [3.8, 4) is 0 Å². The van der Waals surface area contributed by atoms with Gasteiger partial charge in [0, 0.05) is 11.5 Å². The number of aryl methyl sites for hydroxylation is 1. The highest BCUT2D eigenvalue weighted by Crippen LogP contribution is 2.41. The van der Waals surface area contributed by atoms with E-state index in [2.05, 4.69) is 6.58 Å². The average Bonchev–Trinajstić information content (AvgIpc) is 3.04. The highest BCUT2D eigenvalue weighted by molar-refractivity contribution is 7.89. The lowest BCUT2D eigenvalue weighted by Crippen LogP contribution is -2.39. The first-order chi connectivity index (χ1) is 14.9. The summed E-state index contributed by atoms with van der Waals surface area (Å²) in [6.07, 6.45) is 3.64. The Bertz CT molecular complexity index is 1230. The van der Waals surface area contributed by atoms with Gasteiger partial charge in [0.25, 0.3) is 15.9 Å². The van der Waals surface area contributed by atoms with Gasteiger partial charge in [0.15, 0.2) is 0 Å². The molecule has 0 spiro atoms. The van der Waals surface area contributed by atoms with Crippen LogP contribution in [0.15, 0.2) is 108 Å². The second-order valence-corrected chi connectivity index (χ2v) is 9.41. The van der Waals surface area contributed by atoms with Gasteiger partial charge in [-0.2, -0.15) is 0 Å². The second-order valence-electron chi connectivity index (χ2n) is 7.59. The Morgan fingerprint density at radius 2 is 1.45 bits per heavy atom. The first-order valence-corrected chi connectivity index (χ1v) is 11.5. The lowest BCUT2D eigenvalue weighted by Gasteiger charge is -2.25. The fraction of sp³-hybridized carbons (Fsp3) is 0.115. The summed E-state index contributed by atoms with van der Waals surface area (Å²) >= 11 is 0. The van der Waals surface area contributed by atoms with Crippen LogP contribution >= 0.6 is 0 Å². The van der Waals surface area contributed by atoms with E-state index in [1.54, 1.807) is 18.2 Å². The molecule has 0 aromatic heterocycles. The van der Waals surface area contributed by atoms with Crippen molar-refractivity contribution in [2.75, 3.05) is 0 Å². The minimum Gasteiger partial charge on any atom is -0.268 e. The van der Waals surface area contributed by atoms with Crippen molar-refractivity contribution in [1.82, 2.24) is 4.31 Å². The fourth-order valence-electron chi connectivity index (χ4n) is 3.87. The van der Waals surface area contributed by atoms with Crippen LogP contribution in [0.3, 0.4) is 0 Å². The maximum Gasteiger partial charge on any atom is 0.267 e. The zero-order valence-corrected chi connectivity index (χ0v) is 18.0. The Morgan fingerprint density at radius 1 is 0.871 bits per heavy atom. The topological polar surface area (TPSA) is 54.5 Å². The molecule has 0 saturated carbocycles. The summed E-state index contributed by atoms with van der Waals surface area (Å²) in [5.41, 5.74) is 2.99. The summed E-state index contributed by atoms with van der Waals surface area (Å²) in [7, 11) is -4.06. The van der Waals surface area contributed by atoms with Crippen molar-refractivity contribution in [1.29, 1.82) is 0 Å². The summed E-state index contributed by atoms with van der Waals surface area (Å²) in [4.78, 5) is 13.3. The van der Waals surface area contributed by atoms with E-state index in [1.165, 1.54) is 12.1 Å². The van der Waals surface area contributed by atoms with Gasteiger partial charge >= 0.3 is 0 Å². The molecule has 4 rings (SSSR count). The van der Waals surface area contributed by atoms with Crippen LogP contribution in [-0.4, -0.2) is 24.7 Å². The normalized spacial score (nSPS) is 19.3. The monoisotopic (exact) mass is 429 g/mol. The van der Waals surface area contributed by atoms with Crippen LogP contribution in [-0.2, 0) is 14.8 Å². The zero-order valence-electron chi connectivity index (χ0n) is 17.2. The summed E-state index contributed by atoms with van der Waals surface area (Å²) in [6.45, 7) is 5.87. The zero-order chi connectivity index (χ0) is 22.0. The third kappa shape index (κ3) is 3.97. The Hall–Kier alpha value is -3.44. The quantitative estimate of drug-likeness (QED) is 0.540. The number of nitrogens with zero attached hydrogens (tertiary/aromatic N) is 1. The van der Waals surface area contributed by atoms with Gasteiger partial charge in [-0.3, -0.25) is 4.79 Å². The molecular weight excluding hydrogens is 406 g/mol. The molecule has 156 valence electrons. The summed E-state index contributed by atoms with van der Waals surface area (Å²) in [5.74, 6) is -1.04. The lowest BCUT2D eigenvalue weighted by molar-refractivity contribution is -0.121. The van der Waals surface area contributed by atoms with E-state index in [9.17, 15) is 13.2 Å². The van der Waals surface area contributed by atoms with E-state index in [0.29, 0.717) is 0 Å². The van der Waals surface area contributed by atoms with Crippen LogP contribution in [0.2, 0.25) is 0 Å². The standard InChI is InChI=1S/C26H23NO3S/c1-19-13-16-23(17-14-19)31(29,30)27-24(18-15-21-9-5-3-6-10-21)25(20(2)26(27)28)22-11-7-4-8-12-22/h3-18,24-25H,2H2,1H3/b18-15+/t24-,25+/m1/s1. The van der Waals surface area contributed by atoms with Gasteiger partial charge in [-0.15, -0.1) is 0 Å². The van der Waals surface area contributed by atoms with Crippen molar-refractivity contribution in [2.24, 2.45) is 0 Å². The summed E-state index contributed by atoms with van der Waals surface area (Å²) < 4.78 is 28.0. The van der Waals surface area contributed by atoms with Crippen molar-refractivity contribution >= 4 is 22.0 Å². The van der Waals surface area contributed by atoms with Crippen molar-refractivity contribution in [3.63, 3.8) is 0 Å². The van der Waals surface area contributed by atoms with Gasteiger partial charge in [0.05, 0.1) is 10.9 Å². The first kappa shape index (κ1) is 20.8. The van der Waals surface area contributed by atoms with Gasteiger partial charge in [-0.1, -0.05) is 97.1 Å². The van der Waals surface area contributed by atoms with E-state index >= 15 is 0 Å². The van der Waals surface area contributed by atoms with E-state index in [-0.39, 0.29) is 10.5 Å². The highest BCUT2D eigenvalue weighted by Gasteiger charge is 2.48. The van der Waals surface area contributed by atoms with Crippen LogP contribution in [0.4, 0.5) is 0 Å². The molecule has 0 unspecified atom stereocenters. The van der Waals surface area contributed by atoms with Gasteiger partial charge in [0.1, 0.15) is 0 Å². The van der Waals surface area contributed by atoms with E-state index in [1.807, 2.05) is 73.7 Å². The molecule has 0 bridgehead atoms. The van der Waals surface area contributed by atoms with Crippen molar-refractivity contribution in [2.45, 2.75) is 23.8 Å². The van der Waals surface area contributed by atoms with Gasteiger partial charge in [0.2, 0.25) is 0 Å². The second kappa shape index (κ2) is 8.36. The van der Waals surface area contributed by atoms with E-state index < -0.39 is 27.9 Å². The predicted molar refractivity (Wildman–Crippen MR) is 123 cm³/mol. The number of amides is 1. The Morgan fingerprint density at radius 3 is 2.06 bits per heavy atom. The molecule has 0 radical (unpaired) electrons. The molecule has 1 fully saturated rings. The number of hydrogen-bond donors (Lipinski definition) is 0. The predicted octanol–water partition coefficient (Wildman–Crippen LogP) is 4.95. The molecule has 3 aromatic rings. The van der Waals surface area contributed by atoms with Gasteiger partial charge < -0.3 is 0 Å². The van der Waals surface area contributed by atoms with Crippen LogP contribution < -0.4 is 0 Å². The molecule has 0 N–H and O–H groups in total. The number of benzene rings is 3. The molecule has 31 heavy (non-hydrogen) atoms. The molecule has 0 aliphatic carbocycles. The third-order valence-corrected chi connectivity index (χ3v) is 7.28. The van der Waals surface area contributed by atoms with Gasteiger partial charge in [-0.05, 0) is 30.2 Å². The van der Waals surface area contributed by atoms with Crippen molar-refractivity contribution in [3.05, 3.63) is 120 Å². The number of sulfonamides is 1. The molecule has 1 amide bonds. The molecule has 4 nitrogen and oxygen atoms in total. The van der Waals surface area contributed by atoms with Crippen LogP contribution in [0.25, 0.3) is 6.08 Å². The fourth-order valence-corrected chi connectivity index (χ4v) is 5.42. The third-order valence-electron chi connectivity index (χ3n) is 5.48. The SMILES string of the molecule is C=C1C(=O)N(S(=O)(=O)c2ccc(C)cc2)[C@H](/C=C/c2ccccc2)[C@@H]1c1ccccc1. The van der Waals surface area contributed by atoms with Gasteiger partial charge in [-0.25, -0.2) is 12.7 Å². The minimum atomic E-state index is -4.06. The number of hydrogen-bond acceptors (Lipinski definition) is 3. The van der Waals surface area contributed by atoms with E-state index in [0.717, 1.165) is 21.0 Å². The number of rotatable bonds is 5. The van der Waals surface area contributed by atoms with Crippen LogP contribution in [0, 0.1) is 6.92 Å². The smallest absolute Gasteiger partial charge is 0.267 e. The first-order valence-electron chi connectivity index (χ1n) is 10.0. The molecule has 1 aliphatic heterocycles. The molecule has 5 heteroatoms.